The van der Waals surface area contributed by atoms with E-state index in [0.717, 1.165) is 16.8 Å². The van der Waals surface area contributed by atoms with Crippen LogP contribution in [0.25, 0.3) is 10.8 Å². The number of anilines is 1. The summed E-state index contributed by atoms with van der Waals surface area (Å²) in [6.45, 7) is -0.261. The number of nitrogens with one attached hydrogen (secondary N) is 1. The van der Waals surface area contributed by atoms with Crippen LogP contribution in [0.4, 0.5) is 19.4 Å². The number of pyridine rings is 1. The zero-order chi connectivity index (χ0) is 25.4. The average Bonchev–Trinajstić information content (AvgIpc) is 2.84. The lowest BCUT2D eigenvalue weighted by atomic mass is 10.1. The van der Waals surface area contributed by atoms with Crippen molar-refractivity contribution >= 4 is 34.6 Å². The number of carboxylic acid groups (broad SMARTS) is 1. The van der Waals surface area contributed by atoms with Crippen LogP contribution in [-0.2, 0) is 20.7 Å². The number of benzene rings is 2. The van der Waals surface area contributed by atoms with E-state index < -0.39 is 35.6 Å². The maximum absolute atomic E-state index is 13.9. The Morgan fingerprint density at radius 1 is 1.09 bits per heavy atom. The van der Waals surface area contributed by atoms with E-state index in [4.69, 9.17) is 9.84 Å². The molecule has 10 heteroatoms. The van der Waals surface area contributed by atoms with Crippen LogP contribution in [0.3, 0.4) is 0 Å². The number of halogens is 2. The van der Waals surface area contributed by atoms with Crippen LogP contribution in [0.1, 0.15) is 24.8 Å². The molecular formula is C25H25F2N3O5. The van der Waals surface area contributed by atoms with Crippen LogP contribution in [0, 0.1) is 11.6 Å². The number of carbonyl (C=O) groups is 3. The van der Waals surface area contributed by atoms with Gasteiger partial charge in [-0.1, -0.05) is 36.4 Å². The van der Waals surface area contributed by atoms with Crippen LogP contribution in [0.15, 0.2) is 54.7 Å². The first-order valence-electron chi connectivity index (χ1n) is 10.9. The van der Waals surface area contributed by atoms with Gasteiger partial charge in [-0.05, 0) is 35.9 Å². The minimum atomic E-state index is -1.07. The van der Waals surface area contributed by atoms with Gasteiger partial charge < -0.3 is 14.7 Å². The molecule has 1 aromatic heterocycles. The Hall–Kier alpha value is -4.08. The minimum absolute atomic E-state index is 0.0343. The Balaban J connectivity index is 1.58. The topological polar surface area (TPSA) is 109 Å². The largest absolute Gasteiger partial charge is 0.481 e. The van der Waals surface area contributed by atoms with Crippen molar-refractivity contribution in [1.29, 1.82) is 0 Å². The van der Waals surface area contributed by atoms with Crippen LogP contribution in [0.5, 0.6) is 0 Å². The molecule has 0 saturated carbocycles. The molecule has 0 unspecified atom stereocenters. The molecule has 0 fully saturated rings. The second-order valence-corrected chi connectivity index (χ2v) is 7.94. The molecule has 1 atom stereocenters. The van der Waals surface area contributed by atoms with Gasteiger partial charge in [0.25, 0.3) is 0 Å². The fourth-order valence-electron chi connectivity index (χ4n) is 3.51. The maximum Gasteiger partial charge on any atom is 0.412 e. The highest BCUT2D eigenvalue weighted by Crippen LogP contribution is 2.17. The summed E-state index contributed by atoms with van der Waals surface area (Å²) in [5, 5.41) is 13.3. The highest BCUT2D eigenvalue weighted by Gasteiger charge is 2.23. The van der Waals surface area contributed by atoms with Gasteiger partial charge in [0.05, 0.1) is 6.04 Å². The molecule has 3 rings (SSSR count). The van der Waals surface area contributed by atoms with Crippen LogP contribution < -0.4 is 5.32 Å². The Labute approximate surface area is 200 Å². The van der Waals surface area contributed by atoms with Gasteiger partial charge in [0.15, 0.2) is 11.6 Å². The zero-order valence-electron chi connectivity index (χ0n) is 19.0. The van der Waals surface area contributed by atoms with Gasteiger partial charge in [-0.3, -0.25) is 14.9 Å². The van der Waals surface area contributed by atoms with E-state index in [1.165, 1.54) is 24.1 Å². The molecule has 0 bridgehead atoms. The summed E-state index contributed by atoms with van der Waals surface area (Å²) in [7, 11) is 1.45. The number of fused-ring (bicyclic) bond motifs is 1. The Bertz CT molecular complexity index is 1220. The highest BCUT2D eigenvalue weighted by atomic mass is 19.2. The van der Waals surface area contributed by atoms with Crippen molar-refractivity contribution in [3.05, 3.63) is 71.9 Å². The third-order valence-corrected chi connectivity index (χ3v) is 5.54. The summed E-state index contributed by atoms with van der Waals surface area (Å²) in [5.74, 6) is -3.22. The first kappa shape index (κ1) is 25.5. The van der Waals surface area contributed by atoms with Crippen LogP contribution in [-0.4, -0.2) is 52.7 Å². The lowest BCUT2D eigenvalue weighted by Crippen LogP contribution is -2.41. The van der Waals surface area contributed by atoms with E-state index in [1.54, 1.807) is 12.3 Å². The fraction of sp³-hybridized carbons (Fsp3) is 0.280. The summed E-state index contributed by atoms with van der Waals surface area (Å²) < 4.78 is 32.5. The zero-order valence-corrected chi connectivity index (χ0v) is 19.0. The summed E-state index contributed by atoms with van der Waals surface area (Å²) in [6, 6.07) is 12.2. The number of hydrogen-bond acceptors (Lipinski definition) is 5. The number of aliphatic carboxylic acids is 1. The van der Waals surface area contributed by atoms with Gasteiger partial charge in [0, 0.05) is 31.5 Å². The normalized spacial score (nSPS) is 11.6. The second kappa shape index (κ2) is 11.9. The molecular weight excluding hydrogens is 460 g/mol. The van der Waals surface area contributed by atoms with Gasteiger partial charge in [-0.25, -0.2) is 18.6 Å². The third kappa shape index (κ3) is 7.20. The lowest BCUT2D eigenvalue weighted by molar-refractivity contribution is -0.139. The van der Waals surface area contributed by atoms with Crippen molar-refractivity contribution in [2.75, 3.05) is 19.0 Å². The number of aryl methyl sites for hydroxylation is 1. The van der Waals surface area contributed by atoms with E-state index in [9.17, 15) is 23.2 Å². The molecule has 0 saturated heterocycles. The summed E-state index contributed by atoms with van der Waals surface area (Å²) in [4.78, 5) is 41.4. The predicted octanol–water partition coefficient (Wildman–Crippen LogP) is 4.39. The van der Waals surface area contributed by atoms with E-state index in [1.807, 2.05) is 24.3 Å². The number of carboxylic acids is 1. The van der Waals surface area contributed by atoms with E-state index in [-0.39, 0.29) is 43.7 Å². The third-order valence-electron chi connectivity index (χ3n) is 5.54. The number of likely N-dealkylation sites (N-methyl/N-ethyl adjacent to an activating group) is 1. The SMILES string of the molecule is CN(C(=O)CCc1cccc(F)c1F)[C@@H](CCC(=O)O)COC(=O)Nc1cc2ccccc2cn1. The molecule has 0 aliphatic heterocycles. The molecule has 3 aromatic rings. The predicted molar refractivity (Wildman–Crippen MR) is 125 cm³/mol. The van der Waals surface area contributed by atoms with Gasteiger partial charge >= 0.3 is 12.1 Å². The standard InChI is InChI=1S/C25H25F2N3O5/c1-30(22(31)11-9-16-7-4-8-20(26)24(16)27)19(10-12-23(32)33)15-35-25(34)29-21-13-17-5-2-3-6-18(17)14-28-21/h2-8,13-14,19H,9-12,15H2,1H3,(H,32,33)(H,28,29,34)/t19-/m0/s1. The quantitative estimate of drug-likeness (QED) is 0.441. The summed E-state index contributed by atoms with van der Waals surface area (Å²) >= 11 is 0. The smallest absolute Gasteiger partial charge is 0.412 e. The van der Waals surface area contributed by atoms with Crippen molar-refractivity contribution in [2.45, 2.75) is 31.7 Å². The van der Waals surface area contributed by atoms with E-state index >= 15 is 0 Å². The van der Waals surface area contributed by atoms with Crippen molar-refractivity contribution in [3.63, 3.8) is 0 Å². The van der Waals surface area contributed by atoms with Gasteiger partial charge in [0.2, 0.25) is 5.91 Å². The molecule has 0 aliphatic carbocycles. The molecule has 0 radical (unpaired) electrons. The Morgan fingerprint density at radius 3 is 2.57 bits per heavy atom. The van der Waals surface area contributed by atoms with Crippen LogP contribution >= 0.6 is 0 Å². The molecule has 2 aromatic carbocycles. The molecule has 2 amide bonds. The van der Waals surface area contributed by atoms with Gasteiger partial charge in [0.1, 0.15) is 12.4 Å². The molecule has 8 nitrogen and oxygen atoms in total. The number of rotatable bonds is 10. The van der Waals surface area contributed by atoms with Gasteiger partial charge in [-0.2, -0.15) is 0 Å². The first-order valence-corrected chi connectivity index (χ1v) is 10.9. The monoisotopic (exact) mass is 485 g/mol. The molecule has 1 heterocycles. The number of ether oxygens (including phenoxy) is 1. The van der Waals surface area contributed by atoms with Crippen molar-refractivity contribution in [2.24, 2.45) is 0 Å². The van der Waals surface area contributed by atoms with E-state index in [2.05, 4.69) is 10.3 Å². The van der Waals surface area contributed by atoms with Crippen molar-refractivity contribution in [1.82, 2.24) is 9.88 Å². The van der Waals surface area contributed by atoms with Crippen LogP contribution in [0.2, 0.25) is 0 Å². The molecule has 0 spiro atoms. The second-order valence-electron chi connectivity index (χ2n) is 7.94. The van der Waals surface area contributed by atoms with Crippen molar-refractivity contribution < 1.29 is 33.0 Å². The number of nitrogens with zero attached hydrogens (tertiary/aromatic N) is 2. The molecule has 35 heavy (non-hydrogen) atoms. The molecule has 0 aliphatic rings. The van der Waals surface area contributed by atoms with Crippen molar-refractivity contribution in [3.8, 4) is 0 Å². The minimum Gasteiger partial charge on any atom is -0.481 e. The highest BCUT2D eigenvalue weighted by molar-refractivity contribution is 5.89. The number of carbonyl (C=O) groups excluding carboxylic acids is 2. The average molecular weight is 485 g/mol. The number of aromatic nitrogens is 1. The summed E-state index contributed by atoms with van der Waals surface area (Å²) in [6.07, 6.45) is 0.414. The number of hydrogen-bond donors (Lipinski definition) is 2. The first-order chi connectivity index (χ1) is 16.7. The van der Waals surface area contributed by atoms with Gasteiger partial charge in [-0.15, -0.1) is 0 Å². The summed E-state index contributed by atoms with van der Waals surface area (Å²) in [5.41, 5.74) is 0.0624. The Morgan fingerprint density at radius 2 is 1.83 bits per heavy atom. The fourth-order valence-corrected chi connectivity index (χ4v) is 3.51. The lowest BCUT2D eigenvalue weighted by Gasteiger charge is -2.27. The molecule has 2 N–H and O–H groups in total. The van der Waals surface area contributed by atoms with E-state index in [0.29, 0.717) is 0 Å². The Kier molecular flexibility index (Phi) is 8.66. The maximum atomic E-state index is 13.9. The number of amides is 2. The molecule has 184 valence electrons.